The Hall–Kier alpha value is -3.67. The maximum Gasteiger partial charge on any atom is 0.257 e. The number of aromatic amines is 1. The van der Waals surface area contributed by atoms with Gasteiger partial charge in [0.25, 0.3) is 5.91 Å². The number of aryl methyl sites for hydroxylation is 2. The Labute approximate surface area is 162 Å². The summed E-state index contributed by atoms with van der Waals surface area (Å²) >= 11 is 0. The van der Waals surface area contributed by atoms with Gasteiger partial charge in [0, 0.05) is 22.7 Å². The number of hydrogen-bond donors (Lipinski definition) is 2. The van der Waals surface area contributed by atoms with Crippen molar-refractivity contribution >= 4 is 22.6 Å². The highest BCUT2D eigenvalue weighted by Crippen LogP contribution is 2.29. The number of methoxy groups -OCH3 is 1. The fourth-order valence-corrected chi connectivity index (χ4v) is 3.23. The third-order valence-corrected chi connectivity index (χ3v) is 4.55. The van der Waals surface area contributed by atoms with Gasteiger partial charge in [0.1, 0.15) is 5.75 Å². The number of benzene rings is 2. The summed E-state index contributed by atoms with van der Waals surface area (Å²) in [5.41, 5.74) is 4.88. The van der Waals surface area contributed by atoms with Crippen LogP contribution in [0.3, 0.4) is 0 Å². The van der Waals surface area contributed by atoms with Crippen LogP contribution >= 0.6 is 0 Å². The van der Waals surface area contributed by atoms with Crippen LogP contribution in [0.1, 0.15) is 21.6 Å². The van der Waals surface area contributed by atoms with E-state index >= 15 is 0 Å². The fourth-order valence-electron chi connectivity index (χ4n) is 3.23. The van der Waals surface area contributed by atoms with Crippen LogP contribution in [0, 0.1) is 13.8 Å². The van der Waals surface area contributed by atoms with Gasteiger partial charge < -0.3 is 10.1 Å². The van der Waals surface area contributed by atoms with Gasteiger partial charge in [-0.3, -0.25) is 14.9 Å². The molecule has 140 valence electrons. The van der Waals surface area contributed by atoms with Crippen molar-refractivity contribution in [2.45, 2.75) is 13.8 Å². The lowest BCUT2D eigenvalue weighted by Crippen LogP contribution is -2.13. The lowest BCUT2D eigenvalue weighted by Gasteiger charge is -2.08. The number of carbonyl (C=O) groups excluding carboxylic acids is 1. The van der Waals surface area contributed by atoms with Crippen molar-refractivity contribution in [3.05, 3.63) is 71.4 Å². The fraction of sp³-hybridized carbons (Fsp3) is 0.136. The molecule has 0 radical (unpaired) electrons. The van der Waals surface area contributed by atoms with E-state index in [4.69, 9.17) is 4.74 Å². The molecule has 0 atom stereocenters. The van der Waals surface area contributed by atoms with Gasteiger partial charge in [-0.15, -0.1) is 0 Å². The summed E-state index contributed by atoms with van der Waals surface area (Å²) in [6.07, 6.45) is 0. The SMILES string of the molecule is COc1ccccc1-c1cc(NC(=O)c2cc(C)nc3ccc(C)cc23)n[nH]1. The molecule has 2 aromatic heterocycles. The molecule has 2 N–H and O–H groups in total. The second-order valence-electron chi connectivity index (χ2n) is 6.65. The highest BCUT2D eigenvalue weighted by molar-refractivity contribution is 6.12. The smallest absolute Gasteiger partial charge is 0.257 e. The molecule has 6 nitrogen and oxygen atoms in total. The standard InChI is InChI=1S/C22H20N4O2/c1-13-8-9-18-16(10-13)17(11-14(2)23-18)22(27)24-21-12-19(25-26-21)15-6-4-5-7-20(15)28-3/h4-12H,1-3H3,(H2,24,25,26,27). The first kappa shape index (κ1) is 17.7. The number of rotatable bonds is 4. The highest BCUT2D eigenvalue weighted by Gasteiger charge is 2.15. The molecule has 0 saturated carbocycles. The third-order valence-electron chi connectivity index (χ3n) is 4.55. The van der Waals surface area contributed by atoms with Crippen LogP contribution in [-0.2, 0) is 0 Å². The zero-order valence-corrected chi connectivity index (χ0v) is 15.9. The molecule has 0 aliphatic heterocycles. The predicted octanol–water partition coefficient (Wildman–Crippen LogP) is 4.50. The Morgan fingerprint density at radius 2 is 1.89 bits per heavy atom. The second-order valence-corrected chi connectivity index (χ2v) is 6.65. The predicted molar refractivity (Wildman–Crippen MR) is 110 cm³/mol. The molecular weight excluding hydrogens is 352 g/mol. The number of ether oxygens (including phenoxy) is 1. The maximum atomic E-state index is 12.9. The van der Waals surface area contributed by atoms with E-state index in [0.29, 0.717) is 11.4 Å². The van der Waals surface area contributed by atoms with E-state index in [-0.39, 0.29) is 5.91 Å². The molecule has 2 heterocycles. The number of nitrogens with one attached hydrogen (secondary N) is 2. The average Bonchev–Trinajstić information content (AvgIpc) is 3.15. The van der Waals surface area contributed by atoms with Crippen molar-refractivity contribution in [1.29, 1.82) is 0 Å². The van der Waals surface area contributed by atoms with Crippen molar-refractivity contribution in [3.63, 3.8) is 0 Å². The summed E-state index contributed by atoms with van der Waals surface area (Å²) in [4.78, 5) is 17.5. The quantitative estimate of drug-likeness (QED) is 0.553. The van der Waals surface area contributed by atoms with Crippen molar-refractivity contribution in [2.24, 2.45) is 0 Å². The number of anilines is 1. The molecule has 0 unspecified atom stereocenters. The lowest BCUT2D eigenvalue weighted by atomic mass is 10.0. The van der Waals surface area contributed by atoms with E-state index in [9.17, 15) is 4.79 Å². The Balaban J connectivity index is 1.66. The molecule has 28 heavy (non-hydrogen) atoms. The van der Waals surface area contributed by atoms with Crippen LogP contribution in [0.15, 0.2) is 54.6 Å². The average molecular weight is 372 g/mol. The van der Waals surface area contributed by atoms with E-state index in [1.807, 2.05) is 56.3 Å². The number of nitrogens with zero attached hydrogens (tertiary/aromatic N) is 2. The lowest BCUT2D eigenvalue weighted by molar-refractivity contribution is 0.102. The number of pyridine rings is 1. The molecule has 0 fully saturated rings. The largest absolute Gasteiger partial charge is 0.496 e. The van der Waals surface area contributed by atoms with Gasteiger partial charge in [-0.2, -0.15) is 5.10 Å². The number of para-hydroxylation sites is 1. The van der Waals surface area contributed by atoms with Crippen LogP contribution in [-0.4, -0.2) is 28.2 Å². The molecule has 2 aromatic carbocycles. The van der Waals surface area contributed by atoms with E-state index < -0.39 is 0 Å². The van der Waals surface area contributed by atoms with Gasteiger partial charge in [0.15, 0.2) is 5.82 Å². The number of hydrogen-bond acceptors (Lipinski definition) is 4. The number of fused-ring (bicyclic) bond motifs is 1. The van der Waals surface area contributed by atoms with Crippen molar-refractivity contribution in [1.82, 2.24) is 15.2 Å². The minimum atomic E-state index is -0.223. The van der Waals surface area contributed by atoms with E-state index in [1.165, 1.54) is 0 Å². The molecule has 0 aliphatic carbocycles. The van der Waals surface area contributed by atoms with Crippen molar-refractivity contribution in [2.75, 3.05) is 12.4 Å². The van der Waals surface area contributed by atoms with Crippen LogP contribution in [0.2, 0.25) is 0 Å². The van der Waals surface area contributed by atoms with Crippen LogP contribution in [0.4, 0.5) is 5.82 Å². The monoisotopic (exact) mass is 372 g/mol. The number of carbonyl (C=O) groups is 1. The highest BCUT2D eigenvalue weighted by atomic mass is 16.5. The normalized spacial score (nSPS) is 10.8. The number of amides is 1. The van der Waals surface area contributed by atoms with Crippen LogP contribution < -0.4 is 10.1 Å². The number of aromatic nitrogens is 3. The first-order chi connectivity index (χ1) is 13.5. The topological polar surface area (TPSA) is 79.9 Å². The summed E-state index contributed by atoms with van der Waals surface area (Å²) in [6, 6.07) is 17.1. The Bertz CT molecular complexity index is 1180. The Morgan fingerprint density at radius 1 is 1.07 bits per heavy atom. The van der Waals surface area contributed by atoms with Gasteiger partial charge >= 0.3 is 0 Å². The molecule has 0 spiro atoms. The minimum Gasteiger partial charge on any atom is -0.496 e. The van der Waals surface area contributed by atoms with E-state index in [0.717, 1.165) is 39.2 Å². The van der Waals surface area contributed by atoms with Gasteiger partial charge in [0.05, 0.1) is 23.9 Å². The van der Waals surface area contributed by atoms with Gasteiger partial charge in [-0.25, -0.2) is 0 Å². The summed E-state index contributed by atoms with van der Waals surface area (Å²) in [5, 5.41) is 10.9. The van der Waals surface area contributed by atoms with Crippen LogP contribution in [0.5, 0.6) is 5.75 Å². The first-order valence-corrected chi connectivity index (χ1v) is 8.93. The molecular formula is C22H20N4O2. The molecule has 0 saturated heterocycles. The Morgan fingerprint density at radius 3 is 2.71 bits per heavy atom. The molecule has 6 heteroatoms. The zero-order valence-electron chi connectivity index (χ0n) is 15.9. The summed E-state index contributed by atoms with van der Waals surface area (Å²) in [5.74, 6) is 0.954. The molecule has 0 aliphatic rings. The zero-order chi connectivity index (χ0) is 19.7. The second kappa shape index (κ2) is 7.15. The third kappa shape index (κ3) is 3.32. The Kier molecular flexibility index (Phi) is 4.53. The minimum absolute atomic E-state index is 0.223. The molecule has 4 aromatic rings. The van der Waals surface area contributed by atoms with Crippen LogP contribution in [0.25, 0.3) is 22.2 Å². The first-order valence-electron chi connectivity index (χ1n) is 8.93. The van der Waals surface area contributed by atoms with E-state index in [1.54, 1.807) is 19.2 Å². The summed E-state index contributed by atoms with van der Waals surface area (Å²) < 4.78 is 5.39. The van der Waals surface area contributed by atoms with Crippen molar-refractivity contribution in [3.8, 4) is 17.0 Å². The number of H-pyrrole nitrogens is 1. The van der Waals surface area contributed by atoms with Gasteiger partial charge in [-0.05, 0) is 44.2 Å². The van der Waals surface area contributed by atoms with E-state index in [2.05, 4.69) is 20.5 Å². The summed E-state index contributed by atoms with van der Waals surface area (Å²) in [6.45, 7) is 3.87. The molecule has 1 amide bonds. The van der Waals surface area contributed by atoms with Gasteiger partial charge in [0.2, 0.25) is 0 Å². The van der Waals surface area contributed by atoms with Crippen molar-refractivity contribution < 1.29 is 9.53 Å². The molecule has 4 rings (SSSR count). The maximum absolute atomic E-state index is 12.9. The summed E-state index contributed by atoms with van der Waals surface area (Å²) in [7, 11) is 1.62. The van der Waals surface area contributed by atoms with Gasteiger partial charge in [-0.1, -0.05) is 23.8 Å². The molecule has 0 bridgehead atoms.